The lowest BCUT2D eigenvalue weighted by Gasteiger charge is -2.34. The van der Waals surface area contributed by atoms with Crippen molar-refractivity contribution in [1.82, 2.24) is 9.80 Å². The van der Waals surface area contributed by atoms with Gasteiger partial charge >= 0.3 is 0 Å². The van der Waals surface area contributed by atoms with Gasteiger partial charge in [0.25, 0.3) is 5.91 Å². The largest absolute Gasteiger partial charge is 0.450 e. The first-order valence-corrected chi connectivity index (χ1v) is 9.96. The summed E-state index contributed by atoms with van der Waals surface area (Å²) in [6.45, 7) is 12.6. The first kappa shape index (κ1) is 19.5. The van der Waals surface area contributed by atoms with E-state index in [1.165, 1.54) is 0 Å². The Kier molecular flexibility index (Phi) is 5.59. The van der Waals surface area contributed by atoms with Gasteiger partial charge in [-0.05, 0) is 58.6 Å². The first-order valence-electron chi connectivity index (χ1n) is 9.96. The van der Waals surface area contributed by atoms with Crippen LogP contribution in [0.25, 0.3) is 11.0 Å². The van der Waals surface area contributed by atoms with Gasteiger partial charge in [-0.15, -0.1) is 0 Å². The summed E-state index contributed by atoms with van der Waals surface area (Å²) in [4.78, 5) is 29.5. The summed E-state index contributed by atoms with van der Waals surface area (Å²) < 4.78 is 6.02. The van der Waals surface area contributed by atoms with Crippen molar-refractivity contribution >= 4 is 22.8 Å². The van der Waals surface area contributed by atoms with Gasteiger partial charge in [-0.1, -0.05) is 12.1 Å². The lowest BCUT2D eigenvalue weighted by atomic mass is 9.96. The molecule has 1 saturated heterocycles. The van der Waals surface area contributed by atoms with Crippen LogP contribution in [0.4, 0.5) is 0 Å². The topological polar surface area (TPSA) is 53.8 Å². The number of aryl methyl sites for hydroxylation is 3. The Morgan fingerprint density at radius 3 is 2.52 bits per heavy atom. The first-order chi connectivity index (χ1) is 12.9. The SMILES string of the molecule is CCN(CC)C(=O)C1CCCN(C(=O)c2oc3c(C)c(C)ccc3c2C)C1. The molecule has 1 aliphatic heterocycles. The molecule has 146 valence electrons. The molecule has 1 aromatic heterocycles. The van der Waals surface area contributed by atoms with Crippen molar-refractivity contribution in [2.75, 3.05) is 26.2 Å². The summed E-state index contributed by atoms with van der Waals surface area (Å²) in [5.74, 6) is 0.356. The third-order valence-electron chi connectivity index (χ3n) is 5.95. The molecule has 0 saturated carbocycles. The number of piperidine rings is 1. The highest BCUT2D eigenvalue weighted by Gasteiger charge is 2.32. The summed E-state index contributed by atoms with van der Waals surface area (Å²) >= 11 is 0. The van der Waals surface area contributed by atoms with E-state index in [4.69, 9.17) is 4.42 Å². The number of hydrogen-bond acceptors (Lipinski definition) is 3. The number of likely N-dealkylation sites (tertiary alicyclic amines) is 1. The van der Waals surface area contributed by atoms with Crippen molar-refractivity contribution in [1.29, 1.82) is 0 Å². The highest BCUT2D eigenvalue weighted by Crippen LogP contribution is 2.31. The van der Waals surface area contributed by atoms with Crippen LogP contribution < -0.4 is 0 Å². The van der Waals surface area contributed by atoms with E-state index in [1.807, 2.05) is 45.6 Å². The maximum absolute atomic E-state index is 13.2. The third-order valence-corrected chi connectivity index (χ3v) is 5.95. The molecule has 1 unspecified atom stereocenters. The Bertz CT molecular complexity index is 864. The van der Waals surface area contributed by atoms with Crippen LogP contribution in [0.3, 0.4) is 0 Å². The zero-order valence-corrected chi connectivity index (χ0v) is 17.1. The second kappa shape index (κ2) is 7.75. The van der Waals surface area contributed by atoms with E-state index in [0.717, 1.165) is 40.5 Å². The lowest BCUT2D eigenvalue weighted by molar-refractivity contribution is -0.136. The molecule has 1 aliphatic rings. The minimum atomic E-state index is -0.115. The lowest BCUT2D eigenvalue weighted by Crippen LogP contribution is -2.46. The van der Waals surface area contributed by atoms with Crippen molar-refractivity contribution in [2.45, 2.75) is 47.5 Å². The molecular formula is C22H30N2O3. The number of rotatable bonds is 4. The van der Waals surface area contributed by atoms with Gasteiger partial charge in [0, 0.05) is 37.1 Å². The molecule has 5 nitrogen and oxygen atoms in total. The molecule has 27 heavy (non-hydrogen) atoms. The predicted octanol–water partition coefficient (Wildman–Crippen LogP) is 4.08. The van der Waals surface area contributed by atoms with E-state index in [2.05, 4.69) is 6.07 Å². The van der Waals surface area contributed by atoms with Crippen LogP contribution in [-0.4, -0.2) is 47.8 Å². The van der Waals surface area contributed by atoms with Gasteiger partial charge in [-0.3, -0.25) is 9.59 Å². The van der Waals surface area contributed by atoms with Crippen LogP contribution in [0.1, 0.15) is 53.9 Å². The second-order valence-electron chi connectivity index (χ2n) is 7.54. The second-order valence-corrected chi connectivity index (χ2v) is 7.54. The van der Waals surface area contributed by atoms with Crippen LogP contribution >= 0.6 is 0 Å². The fourth-order valence-corrected chi connectivity index (χ4v) is 4.02. The molecule has 0 N–H and O–H groups in total. The van der Waals surface area contributed by atoms with E-state index >= 15 is 0 Å². The number of benzene rings is 1. The average molecular weight is 370 g/mol. The summed E-state index contributed by atoms with van der Waals surface area (Å²) in [7, 11) is 0. The minimum Gasteiger partial charge on any atom is -0.450 e. The Labute approximate surface area is 161 Å². The van der Waals surface area contributed by atoms with Crippen molar-refractivity contribution in [2.24, 2.45) is 5.92 Å². The molecule has 2 amide bonds. The summed E-state index contributed by atoms with van der Waals surface area (Å²) in [6.07, 6.45) is 1.69. The van der Waals surface area contributed by atoms with Gasteiger partial charge in [-0.2, -0.15) is 0 Å². The molecule has 5 heteroatoms. The van der Waals surface area contributed by atoms with E-state index in [1.54, 1.807) is 4.90 Å². The quantitative estimate of drug-likeness (QED) is 0.815. The number of amides is 2. The summed E-state index contributed by atoms with van der Waals surface area (Å²) in [5, 5.41) is 0.995. The molecule has 1 fully saturated rings. The molecule has 1 atom stereocenters. The molecule has 0 bridgehead atoms. The van der Waals surface area contributed by atoms with Crippen LogP contribution in [0.5, 0.6) is 0 Å². The Hall–Kier alpha value is -2.30. The normalized spacial score (nSPS) is 17.4. The molecular weight excluding hydrogens is 340 g/mol. The molecule has 1 aromatic carbocycles. The summed E-state index contributed by atoms with van der Waals surface area (Å²) in [5.41, 5.74) is 3.90. The monoisotopic (exact) mass is 370 g/mol. The average Bonchev–Trinajstić information content (AvgIpc) is 3.02. The number of nitrogens with zero attached hydrogens (tertiary/aromatic N) is 2. The van der Waals surface area contributed by atoms with Crippen molar-refractivity contribution in [3.63, 3.8) is 0 Å². The highest BCUT2D eigenvalue weighted by molar-refractivity contribution is 6.00. The highest BCUT2D eigenvalue weighted by atomic mass is 16.3. The maximum atomic E-state index is 13.2. The number of carbonyl (C=O) groups is 2. The number of furan rings is 1. The van der Waals surface area contributed by atoms with Crippen LogP contribution in [0, 0.1) is 26.7 Å². The smallest absolute Gasteiger partial charge is 0.289 e. The van der Waals surface area contributed by atoms with Gasteiger partial charge in [-0.25, -0.2) is 0 Å². The Morgan fingerprint density at radius 1 is 1.15 bits per heavy atom. The number of carbonyl (C=O) groups excluding carboxylic acids is 2. The third kappa shape index (κ3) is 3.47. The fraction of sp³-hybridized carbons (Fsp3) is 0.545. The molecule has 2 heterocycles. The number of fused-ring (bicyclic) bond motifs is 1. The van der Waals surface area contributed by atoms with Crippen molar-refractivity contribution in [3.8, 4) is 0 Å². The van der Waals surface area contributed by atoms with Gasteiger partial charge in [0.2, 0.25) is 5.91 Å². The summed E-state index contributed by atoms with van der Waals surface area (Å²) in [6, 6.07) is 4.09. The van der Waals surface area contributed by atoms with Crippen LogP contribution in [-0.2, 0) is 4.79 Å². The van der Waals surface area contributed by atoms with Crippen molar-refractivity contribution in [3.05, 3.63) is 34.6 Å². The molecule has 0 spiro atoms. The molecule has 3 rings (SSSR count). The van der Waals surface area contributed by atoms with Crippen molar-refractivity contribution < 1.29 is 14.0 Å². The van der Waals surface area contributed by atoms with Gasteiger partial charge < -0.3 is 14.2 Å². The van der Waals surface area contributed by atoms with Crippen LogP contribution in [0.2, 0.25) is 0 Å². The van der Waals surface area contributed by atoms with Crippen LogP contribution in [0.15, 0.2) is 16.5 Å². The number of hydrogen-bond donors (Lipinski definition) is 0. The van der Waals surface area contributed by atoms with E-state index < -0.39 is 0 Å². The van der Waals surface area contributed by atoms with Gasteiger partial charge in [0.15, 0.2) is 5.76 Å². The van der Waals surface area contributed by atoms with Gasteiger partial charge in [0.1, 0.15) is 5.58 Å². The molecule has 0 aliphatic carbocycles. The molecule has 2 aromatic rings. The van der Waals surface area contributed by atoms with E-state index in [0.29, 0.717) is 31.9 Å². The van der Waals surface area contributed by atoms with E-state index in [-0.39, 0.29) is 17.7 Å². The maximum Gasteiger partial charge on any atom is 0.289 e. The minimum absolute atomic E-state index is 0.0993. The Balaban J connectivity index is 1.85. The Morgan fingerprint density at radius 2 is 1.85 bits per heavy atom. The zero-order chi connectivity index (χ0) is 19.7. The molecule has 0 radical (unpaired) electrons. The standard InChI is InChI=1S/C22H30N2O3/c1-6-23(7-2)21(25)17-9-8-12-24(13-17)22(26)20-16(5)18-11-10-14(3)15(4)19(18)27-20/h10-11,17H,6-9,12-13H2,1-5H3. The predicted molar refractivity (Wildman–Crippen MR) is 107 cm³/mol. The van der Waals surface area contributed by atoms with E-state index in [9.17, 15) is 9.59 Å². The zero-order valence-electron chi connectivity index (χ0n) is 17.1. The fourth-order valence-electron chi connectivity index (χ4n) is 4.02. The van der Waals surface area contributed by atoms with Gasteiger partial charge in [0.05, 0.1) is 5.92 Å².